The number of ether oxygens (including phenoxy) is 2. The topological polar surface area (TPSA) is 79.9 Å². The first-order valence-corrected chi connectivity index (χ1v) is 7.51. The van der Waals surface area contributed by atoms with E-state index in [-0.39, 0.29) is 24.9 Å². The zero-order valence-electron chi connectivity index (χ0n) is 13.7. The molecule has 1 fully saturated rings. The lowest BCUT2D eigenvalue weighted by atomic mass is 10.2. The van der Waals surface area contributed by atoms with Crippen LogP contribution in [0, 0.1) is 0 Å². The number of carbonyl (C=O) groups excluding carboxylic acids is 2. The highest BCUT2D eigenvalue weighted by Crippen LogP contribution is 2.28. The molecule has 1 aromatic carbocycles. The van der Waals surface area contributed by atoms with E-state index in [1.165, 1.54) is 7.11 Å². The summed E-state index contributed by atoms with van der Waals surface area (Å²) in [6, 6.07) is 5.49. The number of hydrogen-bond acceptors (Lipinski definition) is 5. The van der Waals surface area contributed by atoms with E-state index in [4.69, 9.17) is 9.47 Å². The quantitative estimate of drug-likeness (QED) is 0.742. The van der Waals surface area contributed by atoms with Gasteiger partial charge in [0.2, 0.25) is 11.8 Å². The van der Waals surface area contributed by atoms with Gasteiger partial charge in [0, 0.05) is 12.1 Å². The monoisotopic (exact) mass is 321 g/mol. The van der Waals surface area contributed by atoms with Crippen LogP contribution in [-0.4, -0.2) is 57.1 Å². The van der Waals surface area contributed by atoms with Crippen molar-refractivity contribution in [2.45, 2.75) is 18.9 Å². The van der Waals surface area contributed by atoms with Crippen LogP contribution in [0.25, 0.3) is 0 Å². The predicted octanol–water partition coefficient (Wildman–Crippen LogP) is 0.853. The van der Waals surface area contributed by atoms with Crippen LogP contribution in [0.4, 0.5) is 5.69 Å². The number of nitrogens with zero attached hydrogens (tertiary/aromatic N) is 1. The van der Waals surface area contributed by atoms with E-state index in [1.54, 1.807) is 37.3 Å². The first-order chi connectivity index (χ1) is 11.0. The van der Waals surface area contributed by atoms with Crippen molar-refractivity contribution in [3.63, 3.8) is 0 Å². The second kappa shape index (κ2) is 7.82. The van der Waals surface area contributed by atoms with Crippen LogP contribution in [0.3, 0.4) is 0 Å². The first-order valence-electron chi connectivity index (χ1n) is 7.51. The third-order valence-corrected chi connectivity index (χ3v) is 3.45. The molecule has 0 spiro atoms. The molecule has 2 rings (SSSR count). The molecule has 1 aliphatic carbocycles. The molecule has 2 N–H and O–H groups in total. The normalized spacial score (nSPS) is 13.6. The minimum Gasteiger partial charge on any atom is -0.497 e. The highest BCUT2D eigenvalue weighted by Gasteiger charge is 2.23. The Labute approximate surface area is 135 Å². The lowest BCUT2D eigenvalue weighted by Crippen LogP contribution is -2.39. The Hall–Kier alpha value is -2.28. The Morgan fingerprint density at radius 2 is 1.87 bits per heavy atom. The molecular weight excluding hydrogens is 298 g/mol. The summed E-state index contributed by atoms with van der Waals surface area (Å²) in [6.07, 6.45) is 2.09. The molecule has 1 saturated carbocycles. The zero-order valence-corrected chi connectivity index (χ0v) is 13.7. The molecule has 0 aromatic heterocycles. The first kappa shape index (κ1) is 17.1. The second-order valence-corrected chi connectivity index (χ2v) is 5.63. The number of anilines is 1. The van der Waals surface area contributed by atoms with Gasteiger partial charge in [0.1, 0.15) is 11.5 Å². The Kier molecular flexibility index (Phi) is 5.81. The van der Waals surface area contributed by atoms with E-state index >= 15 is 0 Å². The molecule has 0 heterocycles. The Morgan fingerprint density at radius 3 is 2.48 bits per heavy atom. The minimum absolute atomic E-state index is 0.0539. The van der Waals surface area contributed by atoms with E-state index in [9.17, 15) is 9.59 Å². The van der Waals surface area contributed by atoms with E-state index in [0.29, 0.717) is 23.2 Å². The lowest BCUT2D eigenvalue weighted by molar-refractivity contribution is -0.123. The Morgan fingerprint density at radius 1 is 1.17 bits per heavy atom. The van der Waals surface area contributed by atoms with Crippen molar-refractivity contribution >= 4 is 17.5 Å². The van der Waals surface area contributed by atoms with Gasteiger partial charge in [0.15, 0.2) is 0 Å². The fraction of sp³-hybridized carbons (Fsp3) is 0.500. The summed E-state index contributed by atoms with van der Waals surface area (Å²) in [5.41, 5.74) is 0.535. The van der Waals surface area contributed by atoms with Crippen LogP contribution in [0.5, 0.6) is 11.5 Å². The van der Waals surface area contributed by atoms with Gasteiger partial charge in [-0.05, 0) is 32.0 Å². The fourth-order valence-electron chi connectivity index (χ4n) is 2.15. The van der Waals surface area contributed by atoms with E-state index < -0.39 is 0 Å². The van der Waals surface area contributed by atoms with Crippen molar-refractivity contribution in [2.75, 3.05) is 39.7 Å². The van der Waals surface area contributed by atoms with Crippen LogP contribution < -0.4 is 20.1 Å². The highest BCUT2D eigenvalue weighted by atomic mass is 16.5. The number of amides is 2. The maximum Gasteiger partial charge on any atom is 0.238 e. The lowest BCUT2D eigenvalue weighted by Gasteiger charge is -2.17. The van der Waals surface area contributed by atoms with Gasteiger partial charge in [-0.15, -0.1) is 0 Å². The smallest absolute Gasteiger partial charge is 0.238 e. The zero-order chi connectivity index (χ0) is 16.8. The summed E-state index contributed by atoms with van der Waals surface area (Å²) >= 11 is 0. The molecular formula is C16H23N3O4. The molecule has 2 amide bonds. The van der Waals surface area contributed by atoms with Crippen LogP contribution in [0.1, 0.15) is 12.8 Å². The van der Waals surface area contributed by atoms with Gasteiger partial charge in [-0.3, -0.25) is 14.5 Å². The van der Waals surface area contributed by atoms with Gasteiger partial charge in [0.25, 0.3) is 0 Å². The van der Waals surface area contributed by atoms with Crippen molar-refractivity contribution in [3.8, 4) is 11.5 Å². The summed E-state index contributed by atoms with van der Waals surface area (Å²) in [6.45, 7) is 0.303. The summed E-state index contributed by atoms with van der Waals surface area (Å²) in [5, 5.41) is 5.67. The van der Waals surface area contributed by atoms with Gasteiger partial charge in [-0.1, -0.05) is 0 Å². The summed E-state index contributed by atoms with van der Waals surface area (Å²) in [7, 11) is 4.82. The average molecular weight is 321 g/mol. The van der Waals surface area contributed by atoms with E-state index in [1.807, 2.05) is 0 Å². The molecule has 7 heteroatoms. The van der Waals surface area contributed by atoms with Crippen LogP contribution in [0.2, 0.25) is 0 Å². The fourth-order valence-corrected chi connectivity index (χ4v) is 2.15. The molecule has 0 aliphatic heterocycles. The second-order valence-electron chi connectivity index (χ2n) is 5.63. The number of hydrogen-bond donors (Lipinski definition) is 2. The summed E-state index contributed by atoms with van der Waals surface area (Å²) < 4.78 is 10.4. The summed E-state index contributed by atoms with van der Waals surface area (Å²) in [5.74, 6) is 0.895. The SMILES string of the molecule is COc1ccc(OC)c(NC(=O)CN(C)CC(=O)NC2CC2)c1. The third-order valence-electron chi connectivity index (χ3n) is 3.45. The molecule has 7 nitrogen and oxygen atoms in total. The Bertz CT molecular complexity index is 572. The molecule has 23 heavy (non-hydrogen) atoms. The number of rotatable bonds is 8. The van der Waals surface area contributed by atoms with Crippen LogP contribution >= 0.6 is 0 Å². The highest BCUT2D eigenvalue weighted by molar-refractivity contribution is 5.94. The van der Waals surface area contributed by atoms with Gasteiger partial charge in [-0.2, -0.15) is 0 Å². The number of benzene rings is 1. The molecule has 0 atom stereocenters. The van der Waals surface area contributed by atoms with Gasteiger partial charge >= 0.3 is 0 Å². The van der Waals surface area contributed by atoms with Crippen molar-refractivity contribution < 1.29 is 19.1 Å². The van der Waals surface area contributed by atoms with Crippen LogP contribution in [-0.2, 0) is 9.59 Å². The van der Waals surface area contributed by atoms with E-state index in [0.717, 1.165) is 12.8 Å². The number of methoxy groups -OCH3 is 2. The number of carbonyl (C=O) groups is 2. The Balaban J connectivity index is 1.86. The van der Waals surface area contributed by atoms with E-state index in [2.05, 4.69) is 10.6 Å². The maximum atomic E-state index is 12.1. The molecule has 126 valence electrons. The van der Waals surface area contributed by atoms with Gasteiger partial charge in [-0.25, -0.2) is 0 Å². The third kappa shape index (κ3) is 5.45. The number of nitrogens with one attached hydrogen (secondary N) is 2. The molecule has 1 aromatic rings. The van der Waals surface area contributed by atoms with Crippen molar-refractivity contribution in [2.24, 2.45) is 0 Å². The standard InChI is InChI=1S/C16H23N3O4/c1-19(9-15(20)17-11-4-5-11)10-16(21)18-13-8-12(22-2)6-7-14(13)23-3/h6-8,11H,4-5,9-10H2,1-3H3,(H,17,20)(H,18,21). The molecule has 0 bridgehead atoms. The van der Waals surface area contributed by atoms with Crippen molar-refractivity contribution in [1.82, 2.24) is 10.2 Å². The molecule has 1 aliphatic rings. The van der Waals surface area contributed by atoms with Crippen molar-refractivity contribution in [3.05, 3.63) is 18.2 Å². The molecule has 0 radical (unpaired) electrons. The predicted molar refractivity (Wildman–Crippen MR) is 86.8 cm³/mol. The minimum atomic E-state index is -0.224. The van der Waals surface area contributed by atoms with Crippen LogP contribution in [0.15, 0.2) is 18.2 Å². The largest absolute Gasteiger partial charge is 0.497 e. The number of likely N-dealkylation sites (N-methyl/N-ethyl adjacent to an activating group) is 1. The summed E-state index contributed by atoms with van der Waals surface area (Å²) in [4.78, 5) is 25.5. The molecule has 0 saturated heterocycles. The van der Waals surface area contributed by atoms with Crippen molar-refractivity contribution in [1.29, 1.82) is 0 Å². The average Bonchev–Trinajstić information content (AvgIpc) is 3.30. The van der Waals surface area contributed by atoms with Gasteiger partial charge < -0.3 is 20.1 Å². The van der Waals surface area contributed by atoms with Gasteiger partial charge in [0.05, 0.1) is 33.0 Å². The maximum absolute atomic E-state index is 12.1. The molecule has 0 unspecified atom stereocenters.